The number of aliphatic carboxylic acids is 1. The SMILES string of the molecule is Nc1nc(CC(=O)N[C@@H]2C(=O)N3C(C(=O)O)=C(Sc4nccs4)CS[C@@H]23)cs1. The first kappa shape index (κ1) is 19.2. The van der Waals surface area contributed by atoms with Gasteiger partial charge in [0.25, 0.3) is 5.91 Å². The molecule has 1 fully saturated rings. The number of nitrogen functional groups attached to an aromatic ring is 1. The van der Waals surface area contributed by atoms with Crippen LogP contribution < -0.4 is 11.1 Å². The van der Waals surface area contributed by atoms with Gasteiger partial charge in [-0.3, -0.25) is 14.5 Å². The number of carboxylic acid groups (broad SMARTS) is 1. The number of nitrogens with zero attached hydrogens (tertiary/aromatic N) is 3. The fourth-order valence-electron chi connectivity index (χ4n) is 2.83. The number of anilines is 1. The Labute approximate surface area is 175 Å². The van der Waals surface area contributed by atoms with E-state index in [0.717, 1.165) is 0 Å². The van der Waals surface area contributed by atoms with E-state index in [0.29, 0.717) is 25.8 Å². The number of carbonyl (C=O) groups is 3. The summed E-state index contributed by atoms with van der Waals surface area (Å²) < 4.78 is 0.716. The Balaban J connectivity index is 1.47. The molecule has 28 heavy (non-hydrogen) atoms. The van der Waals surface area contributed by atoms with Gasteiger partial charge in [-0.1, -0.05) is 11.8 Å². The molecular formula is C15H13N5O4S4. The molecule has 2 aromatic rings. The number of fused-ring (bicyclic) bond motifs is 1. The maximum absolute atomic E-state index is 12.6. The van der Waals surface area contributed by atoms with Crippen LogP contribution >= 0.6 is 46.2 Å². The third-order valence-corrected chi connectivity index (χ3v) is 8.14. The lowest BCUT2D eigenvalue weighted by molar-refractivity contribution is -0.150. The lowest BCUT2D eigenvalue weighted by Gasteiger charge is -2.49. The molecule has 0 saturated carbocycles. The van der Waals surface area contributed by atoms with Crippen molar-refractivity contribution in [3.05, 3.63) is 33.3 Å². The van der Waals surface area contributed by atoms with Crippen LogP contribution in [0.1, 0.15) is 5.69 Å². The second kappa shape index (κ2) is 7.73. The third-order valence-electron chi connectivity index (χ3n) is 3.98. The first-order valence-electron chi connectivity index (χ1n) is 7.91. The highest BCUT2D eigenvalue weighted by atomic mass is 32.2. The van der Waals surface area contributed by atoms with E-state index in [1.54, 1.807) is 17.0 Å². The summed E-state index contributed by atoms with van der Waals surface area (Å²) in [6, 6.07) is -0.755. The Kier molecular flexibility index (Phi) is 5.31. The lowest BCUT2D eigenvalue weighted by Crippen LogP contribution is -2.70. The van der Waals surface area contributed by atoms with Crippen molar-refractivity contribution in [2.75, 3.05) is 11.5 Å². The maximum Gasteiger partial charge on any atom is 0.353 e. The number of thiazole rings is 2. The zero-order chi connectivity index (χ0) is 19.8. The molecule has 2 atom stereocenters. The lowest BCUT2D eigenvalue weighted by atomic mass is 10.0. The Hall–Kier alpha value is -2.09. The molecule has 2 aliphatic rings. The summed E-state index contributed by atoms with van der Waals surface area (Å²) in [6.07, 6.45) is 1.66. The summed E-state index contributed by atoms with van der Waals surface area (Å²) in [5, 5.41) is 15.8. The Morgan fingerprint density at radius 2 is 2.25 bits per heavy atom. The topological polar surface area (TPSA) is 139 Å². The quantitative estimate of drug-likeness (QED) is 0.549. The minimum atomic E-state index is -1.17. The molecule has 4 heterocycles. The van der Waals surface area contributed by atoms with Crippen LogP contribution in [0.15, 0.2) is 31.9 Å². The van der Waals surface area contributed by atoms with Crippen LogP contribution in [0.2, 0.25) is 0 Å². The number of β-lactam (4-membered cyclic amide) rings is 1. The molecule has 4 N–H and O–H groups in total. The van der Waals surface area contributed by atoms with E-state index in [4.69, 9.17) is 5.73 Å². The number of carbonyl (C=O) groups excluding carboxylic acids is 2. The molecule has 13 heteroatoms. The zero-order valence-corrected chi connectivity index (χ0v) is 17.3. The van der Waals surface area contributed by atoms with E-state index in [-0.39, 0.29) is 18.0 Å². The maximum atomic E-state index is 12.6. The number of amides is 2. The molecule has 0 aromatic carbocycles. The van der Waals surface area contributed by atoms with Crippen LogP contribution in [-0.2, 0) is 20.8 Å². The number of hydrogen-bond acceptors (Lipinski definition) is 10. The molecule has 4 rings (SSSR count). The number of carboxylic acids is 1. The van der Waals surface area contributed by atoms with E-state index in [1.807, 2.05) is 0 Å². The van der Waals surface area contributed by atoms with Gasteiger partial charge in [-0.2, -0.15) is 0 Å². The second-order valence-corrected chi connectivity index (χ2v) is 10.0. The summed E-state index contributed by atoms with van der Waals surface area (Å²) >= 11 is 5.32. The van der Waals surface area contributed by atoms with Gasteiger partial charge in [-0.25, -0.2) is 14.8 Å². The number of aromatic nitrogens is 2. The average molecular weight is 456 g/mol. The highest BCUT2D eigenvalue weighted by molar-refractivity contribution is 8.07. The summed E-state index contributed by atoms with van der Waals surface area (Å²) in [5.74, 6) is -1.53. The van der Waals surface area contributed by atoms with Crippen molar-refractivity contribution in [2.45, 2.75) is 22.2 Å². The second-order valence-electron chi connectivity index (χ2n) is 5.79. The number of nitrogens with one attached hydrogen (secondary N) is 1. The Morgan fingerprint density at radius 3 is 2.89 bits per heavy atom. The van der Waals surface area contributed by atoms with Crippen LogP contribution in [0.4, 0.5) is 5.13 Å². The molecule has 0 radical (unpaired) electrons. The minimum absolute atomic E-state index is 0.0155. The number of hydrogen-bond donors (Lipinski definition) is 3. The van der Waals surface area contributed by atoms with Crippen LogP contribution in [0.25, 0.3) is 0 Å². The molecule has 2 aliphatic heterocycles. The predicted octanol–water partition coefficient (Wildman–Crippen LogP) is 1.21. The van der Waals surface area contributed by atoms with Crippen molar-refractivity contribution in [1.29, 1.82) is 0 Å². The van der Waals surface area contributed by atoms with Crippen molar-refractivity contribution in [1.82, 2.24) is 20.2 Å². The van der Waals surface area contributed by atoms with Crippen molar-refractivity contribution in [3.8, 4) is 0 Å². The molecule has 9 nitrogen and oxygen atoms in total. The number of nitrogens with two attached hydrogens (primary N) is 1. The largest absolute Gasteiger partial charge is 0.477 e. The van der Waals surface area contributed by atoms with E-state index < -0.39 is 23.3 Å². The Bertz CT molecular complexity index is 973. The molecule has 0 unspecified atom stereocenters. The molecule has 146 valence electrons. The summed E-state index contributed by atoms with van der Waals surface area (Å²) in [5.41, 5.74) is 6.05. The van der Waals surface area contributed by atoms with E-state index in [1.165, 1.54) is 51.1 Å². The minimum Gasteiger partial charge on any atom is -0.477 e. The normalized spacial score (nSPS) is 21.3. The summed E-state index contributed by atoms with van der Waals surface area (Å²) in [7, 11) is 0. The van der Waals surface area contributed by atoms with E-state index >= 15 is 0 Å². The van der Waals surface area contributed by atoms with Gasteiger partial charge in [0.2, 0.25) is 5.91 Å². The van der Waals surface area contributed by atoms with Crippen LogP contribution in [0, 0.1) is 0 Å². The number of thioether (sulfide) groups is 2. The first-order valence-corrected chi connectivity index (χ1v) is 11.5. The molecule has 2 aromatic heterocycles. The number of rotatable bonds is 6. The third kappa shape index (κ3) is 3.62. The van der Waals surface area contributed by atoms with Gasteiger partial charge in [0.05, 0.1) is 12.1 Å². The van der Waals surface area contributed by atoms with Crippen LogP contribution in [0.3, 0.4) is 0 Å². The molecule has 1 saturated heterocycles. The van der Waals surface area contributed by atoms with Gasteiger partial charge in [0.1, 0.15) is 17.1 Å². The fourth-order valence-corrected chi connectivity index (χ4v) is 6.65. The Morgan fingerprint density at radius 1 is 1.43 bits per heavy atom. The van der Waals surface area contributed by atoms with Crippen LogP contribution in [0.5, 0.6) is 0 Å². The van der Waals surface area contributed by atoms with Crippen LogP contribution in [-0.4, -0.2) is 54.9 Å². The van der Waals surface area contributed by atoms with Gasteiger partial charge in [-0.05, 0) is 0 Å². The zero-order valence-electron chi connectivity index (χ0n) is 14.0. The monoisotopic (exact) mass is 455 g/mol. The van der Waals surface area contributed by atoms with Crippen molar-refractivity contribution >= 4 is 69.1 Å². The predicted molar refractivity (Wildman–Crippen MR) is 108 cm³/mol. The molecule has 0 spiro atoms. The van der Waals surface area contributed by atoms with E-state index in [9.17, 15) is 19.5 Å². The fraction of sp³-hybridized carbons (Fsp3) is 0.267. The van der Waals surface area contributed by atoms with Gasteiger partial charge in [0, 0.05) is 27.6 Å². The van der Waals surface area contributed by atoms with Crippen molar-refractivity contribution < 1.29 is 19.5 Å². The molecule has 0 aliphatic carbocycles. The average Bonchev–Trinajstić information content (AvgIpc) is 3.30. The highest BCUT2D eigenvalue weighted by Gasteiger charge is 2.54. The standard InChI is InChI=1S/C15H13N5O4S4/c16-14-18-6(4-27-14)3-8(21)19-9-11(22)20-10(13(23)24)7(5-26-12(9)20)28-15-17-1-2-25-15/h1-2,4,9,12H,3,5H2,(H2,16,18)(H,19,21)(H,23,24)/t9-,12+/m1/s1. The van der Waals surface area contributed by atoms with Gasteiger partial charge >= 0.3 is 5.97 Å². The first-order chi connectivity index (χ1) is 13.4. The van der Waals surface area contributed by atoms with Gasteiger partial charge < -0.3 is 16.2 Å². The molecule has 2 amide bonds. The molecule has 0 bridgehead atoms. The summed E-state index contributed by atoms with van der Waals surface area (Å²) in [4.78, 5) is 46.6. The molecular weight excluding hydrogens is 442 g/mol. The van der Waals surface area contributed by atoms with Gasteiger partial charge in [0.15, 0.2) is 9.47 Å². The van der Waals surface area contributed by atoms with Crippen molar-refractivity contribution in [3.63, 3.8) is 0 Å². The van der Waals surface area contributed by atoms with E-state index in [2.05, 4.69) is 15.3 Å². The van der Waals surface area contributed by atoms with Gasteiger partial charge in [-0.15, -0.1) is 34.4 Å². The highest BCUT2D eigenvalue weighted by Crippen LogP contribution is 2.45. The summed E-state index contributed by atoms with van der Waals surface area (Å²) in [6.45, 7) is 0. The smallest absolute Gasteiger partial charge is 0.353 e. The van der Waals surface area contributed by atoms with Crippen molar-refractivity contribution in [2.24, 2.45) is 0 Å².